The Morgan fingerprint density at radius 1 is 1.38 bits per heavy atom. The molecule has 0 unspecified atom stereocenters. The average Bonchev–Trinajstić information content (AvgIpc) is 2.90. The van der Waals surface area contributed by atoms with Crippen molar-refractivity contribution in [2.75, 3.05) is 0 Å². The van der Waals surface area contributed by atoms with E-state index < -0.39 is 5.97 Å². The number of nitrogens with zero attached hydrogens (tertiary/aromatic N) is 2. The van der Waals surface area contributed by atoms with Crippen LogP contribution in [0, 0.1) is 6.92 Å². The van der Waals surface area contributed by atoms with Crippen LogP contribution >= 0.6 is 11.8 Å². The molecule has 0 bridgehead atoms. The number of carboxylic acid groups (broad SMARTS) is 1. The number of pyridine rings is 1. The summed E-state index contributed by atoms with van der Waals surface area (Å²) in [6.07, 6.45) is 5.03. The number of hydrogen-bond donors (Lipinski definition) is 1. The van der Waals surface area contributed by atoms with Gasteiger partial charge in [0.15, 0.2) is 5.17 Å². The second-order valence-corrected chi connectivity index (χ2v) is 6.09. The molecule has 1 amide bonds. The Morgan fingerprint density at radius 2 is 2.21 bits per heavy atom. The minimum absolute atomic E-state index is 0.0420. The molecule has 24 heavy (non-hydrogen) atoms. The number of aromatic nitrogens is 1. The summed E-state index contributed by atoms with van der Waals surface area (Å²) >= 11 is 1.19. The zero-order valence-electron chi connectivity index (χ0n) is 12.6. The van der Waals surface area contributed by atoms with E-state index in [4.69, 9.17) is 0 Å². The van der Waals surface area contributed by atoms with Crippen LogP contribution < -0.4 is 10.4 Å². The number of carbonyl (C=O) groups is 2. The predicted molar refractivity (Wildman–Crippen MR) is 90.6 cm³/mol. The van der Waals surface area contributed by atoms with Gasteiger partial charge in [-0.15, -0.1) is 0 Å². The highest BCUT2D eigenvalue weighted by Crippen LogP contribution is 2.29. The van der Waals surface area contributed by atoms with Crippen molar-refractivity contribution in [2.24, 2.45) is 4.99 Å². The average molecular weight is 338 g/mol. The molecule has 2 aromatic rings. The van der Waals surface area contributed by atoms with Gasteiger partial charge < -0.3 is 15.2 Å². The first-order valence-corrected chi connectivity index (χ1v) is 7.86. The number of amides is 1. The van der Waals surface area contributed by atoms with Crippen LogP contribution in [0.2, 0.25) is 0 Å². The van der Waals surface area contributed by atoms with Gasteiger partial charge in [-0.2, -0.15) is 0 Å². The molecule has 1 aliphatic heterocycles. The molecule has 0 saturated carbocycles. The standard InChI is InChI=1S/C17H13N3O3S/c1-10-4-5-12(16(22)23)8-13(10)19-17-20-15(21)14(24-17)7-11-3-2-6-18-9-11/h2-9H,1H3,(H,22,23)(H,19,20,21)/p-1/b14-7-. The molecule has 1 aromatic heterocycles. The highest BCUT2D eigenvalue weighted by molar-refractivity contribution is 8.18. The first-order chi connectivity index (χ1) is 11.5. The number of carbonyl (C=O) groups excluding carboxylic acids is 2. The molecule has 7 heteroatoms. The van der Waals surface area contributed by atoms with Crippen molar-refractivity contribution < 1.29 is 14.7 Å². The van der Waals surface area contributed by atoms with Crippen molar-refractivity contribution in [1.82, 2.24) is 10.3 Å². The Balaban J connectivity index is 1.88. The highest BCUT2D eigenvalue weighted by atomic mass is 32.2. The van der Waals surface area contributed by atoms with E-state index in [0.29, 0.717) is 15.8 Å². The van der Waals surface area contributed by atoms with Crippen molar-refractivity contribution in [3.05, 3.63) is 64.3 Å². The number of nitrogens with one attached hydrogen (secondary N) is 1. The lowest BCUT2D eigenvalue weighted by Crippen LogP contribution is -2.22. The van der Waals surface area contributed by atoms with Crippen molar-refractivity contribution in [2.45, 2.75) is 6.92 Å². The Hall–Kier alpha value is -2.93. The van der Waals surface area contributed by atoms with Crippen molar-refractivity contribution in [3.8, 4) is 0 Å². The Morgan fingerprint density at radius 3 is 2.92 bits per heavy atom. The Kier molecular flexibility index (Phi) is 4.43. The van der Waals surface area contributed by atoms with Crippen LogP contribution in [0.4, 0.5) is 5.69 Å². The summed E-state index contributed by atoms with van der Waals surface area (Å²) in [5.74, 6) is -1.52. The minimum atomic E-state index is -1.27. The van der Waals surface area contributed by atoms with Gasteiger partial charge >= 0.3 is 0 Å². The molecule has 0 aliphatic carbocycles. The highest BCUT2D eigenvalue weighted by Gasteiger charge is 2.24. The van der Waals surface area contributed by atoms with E-state index in [9.17, 15) is 14.7 Å². The smallest absolute Gasteiger partial charge is 0.264 e. The SMILES string of the molecule is Cc1ccc(C(=O)[O-])cc1N=C1NC(=O)/C(=C/c2cccnc2)S1. The van der Waals surface area contributed by atoms with Crippen LogP contribution in [0.3, 0.4) is 0 Å². The van der Waals surface area contributed by atoms with Gasteiger partial charge in [-0.05, 0) is 53.6 Å². The van der Waals surface area contributed by atoms with Crippen LogP contribution in [-0.2, 0) is 4.79 Å². The third-order valence-electron chi connectivity index (χ3n) is 3.30. The molecule has 1 aromatic carbocycles. The topological polar surface area (TPSA) is 94.5 Å². The molecule has 1 fully saturated rings. The number of rotatable bonds is 3. The number of hydrogen-bond acceptors (Lipinski definition) is 6. The van der Waals surface area contributed by atoms with E-state index in [1.165, 1.54) is 23.9 Å². The van der Waals surface area contributed by atoms with Gasteiger partial charge in [-0.1, -0.05) is 18.2 Å². The van der Waals surface area contributed by atoms with Gasteiger partial charge in [0, 0.05) is 12.4 Å². The maximum atomic E-state index is 12.0. The van der Waals surface area contributed by atoms with E-state index >= 15 is 0 Å². The quantitative estimate of drug-likeness (QED) is 0.859. The monoisotopic (exact) mass is 338 g/mol. The summed E-state index contributed by atoms with van der Waals surface area (Å²) in [6, 6.07) is 8.16. The van der Waals surface area contributed by atoms with E-state index in [-0.39, 0.29) is 11.5 Å². The molecule has 0 radical (unpaired) electrons. The molecular formula is C17H12N3O3S-. The van der Waals surface area contributed by atoms with E-state index in [1.54, 1.807) is 30.6 Å². The molecular weight excluding hydrogens is 326 g/mol. The van der Waals surface area contributed by atoms with E-state index in [1.807, 2.05) is 13.0 Å². The summed E-state index contributed by atoms with van der Waals surface area (Å²) in [7, 11) is 0. The fraction of sp³-hybridized carbons (Fsp3) is 0.0588. The van der Waals surface area contributed by atoms with Gasteiger partial charge in [0.2, 0.25) is 0 Å². The maximum Gasteiger partial charge on any atom is 0.264 e. The third kappa shape index (κ3) is 3.52. The number of aryl methyl sites for hydroxylation is 1. The number of benzene rings is 1. The fourth-order valence-electron chi connectivity index (χ4n) is 2.06. The molecule has 1 N–H and O–H groups in total. The van der Waals surface area contributed by atoms with Gasteiger partial charge in [0.25, 0.3) is 5.91 Å². The zero-order valence-corrected chi connectivity index (χ0v) is 13.5. The molecule has 0 atom stereocenters. The van der Waals surface area contributed by atoms with Crippen LogP contribution in [0.1, 0.15) is 21.5 Å². The summed E-state index contributed by atoms with van der Waals surface area (Å²) < 4.78 is 0. The molecule has 6 nitrogen and oxygen atoms in total. The summed E-state index contributed by atoms with van der Waals surface area (Å²) in [5, 5.41) is 14.0. The summed E-state index contributed by atoms with van der Waals surface area (Å²) in [6.45, 7) is 1.81. The van der Waals surface area contributed by atoms with Crippen molar-refractivity contribution >= 4 is 40.6 Å². The molecule has 3 rings (SSSR count). The van der Waals surface area contributed by atoms with Crippen molar-refractivity contribution in [1.29, 1.82) is 0 Å². The molecule has 0 spiro atoms. The summed E-state index contributed by atoms with van der Waals surface area (Å²) in [5.41, 5.74) is 2.13. The van der Waals surface area contributed by atoms with E-state index in [0.717, 1.165) is 11.1 Å². The zero-order chi connectivity index (χ0) is 17.1. The van der Waals surface area contributed by atoms with Crippen LogP contribution in [0.5, 0.6) is 0 Å². The predicted octanol–water partition coefficient (Wildman–Crippen LogP) is 1.65. The van der Waals surface area contributed by atoms with Gasteiger partial charge in [0.05, 0.1) is 16.6 Å². The normalized spacial score (nSPS) is 17.3. The lowest BCUT2D eigenvalue weighted by Gasteiger charge is -2.06. The van der Waals surface area contributed by atoms with Gasteiger partial charge in [0.1, 0.15) is 0 Å². The van der Waals surface area contributed by atoms with Crippen molar-refractivity contribution in [3.63, 3.8) is 0 Å². The van der Waals surface area contributed by atoms with Crippen LogP contribution in [0.15, 0.2) is 52.6 Å². The molecule has 2 heterocycles. The van der Waals surface area contributed by atoms with Crippen LogP contribution in [-0.4, -0.2) is 22.0 Å². The second kappa shape index (κ2) is 6.67. The number of carboxylic acids is 1. The number of aromatic carboxylic acids is 1. The largest absolute Gasteiger partial charge is 0.545 e. The lowest BCUT2D eigenvalue weighted by molar-refractivity contribution is -0.255. The van der Waals surface area contributed by atoms with Gasteiger partial charge in [-0.3, -0.25) is 9.78 Å². The van der Waals surface area contributed by atoms with Crippen LogP contribution in [0.25, 0.3) is 6.08 Å². The molecule has 1 saturated heterocycles. The number of aliphatic imine (C=N–C) groups is 1. The third-order valence-corrected chi connectivity index (χ3v) is 4.21. The number of amidine groups is 1. The minimum Gasteiger partial charge on any atom is -0.545 e. The van der Waals surface area contributed by atoms with E-state index in [2.05, 4.69) is 15.3 Å². The van der Waals surface area contributed by atoms with Gasteiger partial charge in [-0.25, -0.2) is 4.99 Å². The second-order valence-electron chi connectivity index (χ2n) is 5.06. The maximum absolute atomic E-state index is 12.0. The Labute approximate surface area is 142 Å². The molecule has 120 valence electrons. The Bertz CT molecular complexity index is 876. The molecule has 1 aliphatic rings. The fourth-order valence-corrected chi connectivity index (χ4v) is 2.89. The first kappa shape index (κ1) is 15.9. The number of thioether (sulfide) groups is 1. The lowest BCUT2D eigenvalue weighted by atomic mass is 10.1. The first-order valence-electron chi connectivity index (χ1n) is 7.04. The summed E-state index contributed by atoms with van der Waals surface area (Å²) in [4.78, 5) is 31.8.